The fraction of sp³-hybridized carbons (Fsp3) is 0.360. The van der Waals surface area contributed by atoms with Crippen LogP contribution in [0.3, 0.4) is 0 Å². The normalized spacial score (nSPS) is 16.4. The second-order valence-corrected chi connectivity index (χ2v) is 11.5. The molecule has 3 aromatic rings. The molecule has 1 aliphatic rings. The molecule has 1 saturated heterocycles. The molecule has 2 N–H and O–H groups in total. The van der Waals surface area contributed by atoms with E-state index in [4.69, 9.17) is 14.7 Å². The number of nitrogens with zero attached hydrogens (tertiary/aromatic N) is 4. The van der Waals surface area contributed by atoms with E-state index in [1.807, 2.05) is 6.92 Å². The Morgan fingerprint density at radius 2 is 1.81 bits per heavy atom. The number of carbonyl (C=O) groups is 1. The third-order valence-electron chi connectivity index (χ3n) is 6.25. The number of urea groups is 1. The van der Waals surface area contributed by atoms with Gasteiger partial charge in [-0.2, -0.15) is 0 Å². The monoisotopic (exact) mass is 510 g/mol. The number of amides is 2. The van der Waals surface area contributed by atoms with Gasteiger partial charge in [-0.05, 0) is 57.2 Å². The first-order chi connectivity index (χ1) is 17.1. The van der Waals surface area contributed by atoms with Gasteiger partial charge in [-0.25, -0.2) is 23.2 Å². The molecule has 10 nitrogen and oxygen atoms in total. The summed E-state index contributed by atoms with van der Waals surface area (Å²) >= 11 is 0. The summed E-state index contributed by atoms with van der Waals surface area (Å²) in [5.74, 6) is 1.03. The van der Waals surface area contributed by atoms with E-state index in [1.54, 1.807) is 51.2 Å². The fourth-order valence-corrected chi connectivity index (χ4v) is 5.38. The van der Waals surface area contributed by atoms with Crippen molar-refractivity contribution in [1.29, 1.82) is 0 Å². The predicted molar refractivity (Wildman–Crippen MR) is 138 cm³/mol. The van der Waals surface area contributed by atoms with Gasteiger partial charge in [0.05, 0.1) is 29.8 Å². The largest absolute Gasteiger partial charge is 0.377 e. The second-order valence-electron chi connectivity index (χ2n) is 9.03. The Morgan fingerprint density at radius 1 is 1.11 bits per heavy atom. The lowest BCUT2D eigenvalue weighted by Gasteiger charge is -2.35. The van der Waals surface area contributed by atoms with Crippen LogP contribution in [0.1, 0.15) is 26.5 Å². The van der Waals surface area contributed by atoms with E-state index in [2.05, 4.69) is 20.5 Å². The van der Waals surface area contributed by atoms with Crippen LogP contribution in [0.4, 0.5) is 16.3 Å². The van der Waals surface area contributed by atoms with Crippen molar-refractivity contribution in [3.63, 3.8) is 0 Å². The number of ether oxygens (including phenoxy) is 1. The Morgan fingerprint density at radius 3 is 2.44 bits per heavy atom. The summed E-state index contributed by atoms with van der Waals surface area (Å²) in [6, 6.07) is 11.5. The lowest BCUT2D eigenvalue weighted by Crippen LogP contribution is -2.44. The first-order valence-corrected chi connectivity index (χ1v) is 13.1. The molecular formula is C25H30N6O4S. The average Bonchev–Trinajstić information content (AvgIpc) is 2.89. The van der Waals surface area contributed by atoms with Crippen molar-refractivity contribution < 1.29 is 17.9 Å². The van der Waals surface area contributed by atoms with Crippen LogP contribution in [0, 0.1) is 0 Å². The van der Waals surface area contributed by atoms with E-state index in [0.29, 0.717) is 48.3 Å². The van der Waals surface area contributed by atoms with E-state index in [1.165, 1.54) is 24.5 Å². The molecule has 0 aliphatic carbocycles. The Labute approximate surface area is 211 Å². The molecule has 0 radical (unpaired) electrons. The van der Waals surface area contributed by atoms with Crippen LogP contribution in [-0.2, 0) is 19.3 Å². The van der Waals surface area contributed by atoms with Crippen LogP contribution in [0.25, 0.3) is 11.4 Å². The summed E-state index contributed by atoms with van der Waals surface area (Å²) in [6.07, 6.45) is 2.92. The number of nitrogens with one attached hydrogen (secondary N) is 2. The highest BCUT2D eigenvalue weighted by Gasteiger charge is 2.40. The number of aromatic nitrogens is 3. The maximum atomic E-state index is 13.7. The van der Waals surface area contributed by atoms with Crippen LogP contribution in [0.15, 0.2) is 59.8 Å². The Kier molecular flexibility index (Phi) is 7.23. The van der Waals surface area contributed by atoms with Gasteiger partial charge in [0, 0.05) is 43.3 Å². The van der Waals surface area contributed by atoms with E-state index in [0.717, 1.165) is 0 Å². The Bertz CT molecular complexity index is 1330. The number of rotatable bonds is 6. The predicted octanol–water partition coefficient (Wildman–Crippen LogP) is 3.22. The highest BCUT2D eigenvalue weighted by atomic mass is 32.2. The molecule has 2 aromatic heterocycles. The van der Waals surface area contributed by atoms with Crippen LogP contribution >= 0.6 is 0 Å². The van der Waals surface area contributed by atoms with Gasteiger partial charge in [0.15, 0.2) is 15.7 Å². The number of hydrogen-bond donors (Lipinski definition) is 2. The molecule has 190 valence electrons. The van der Waals surface area contributed by atoms with Crippen molar-refractivity contribution in [3.05, 3.63) is 60.6 Å². The minimum absolute atomic E-state index is 0.0633. The van der Waals surface area contributed by atoms with Crippen LogP contribution < -0.4 is 15.5 Å². The van der Waals surface area contributed by atoms with E-state index < -0.39 is 14.6 Å². The minimum Gasteiger partial charge on any atom is -0.377 e. The van der Waals surface area contributed by atoms with Gasteiger partial charge in [-0.15, -0.1) is 0 Å². The standard InChI is InChI=1S/C25H30N6O4S/c1-17-16-35-14-13-31(17)22-15-21(25(2,3)36(33,34)20-9-11-27-12-10-20)29-23(30-22)18-5-7-19(8-6-18)28-24(32)26-4/h5-12,15,17H,13-14,16H2,1-4H3,(H2,26,28,32)/t17-/m0/s1. The number of benzene rings is 1. The van der Waals surface area contributed by atoms with Crippen LogP contribution in [-0.4, -0.2) is 62.2 Å². The first-order valence-electron chi connectivity index (χ1n) is 11.6. The number of anilines is 2. The minimum atomic E-state index is -3.80. The maximum absolute atomic E-state index is 13.7. The molecule has 1 fully saturated rings. The number of morpholine rings is 1. The van der Waals surface area contributed by atoms with E-state index in [9.17, 15) is 13.2 Å². The van der Waals surface area contributed by atoms with Crippen molar-refractivity contribution in [3.8, 4) is 11.4 Å². The highest BCUT2D eigenvalue weighted by molar-refractivity contribution is 7.92. The Hall–Kier alpha value is -3.57. The number of pyridine rings is 1. The van der Waals surface area contributed by atoms with Crippen molar-refractivity contribution in [1.82, 2.24) is 20.3 Å². The molecule has 11 heteroatoms. The van der Waals surface area contributed by atoms with Crippen molar-refractivity contribution in [2.45, 2.75) is 36.5 Å². The molecule has 0 unspecified atom stereocenters. The third kappa shape index (κ3) is 5.02. The molecule has 3 heterocycles. The van der Waals surface area contributed by atoms with E-state index >= 15 is 0 Å². The molecule has 0 saturated carbocycles. The fourth-order valence-electron chi connectivity index (χ4n) is 3.93. The Balaban J connectivity index is 1.81. The van der Waals surface area contributed by atoms with Gasteiger partial charge in [-0.3, -0.25) is 4.98 Å². The summed E-state index contributed by atoms with van der Waals surface area (Å²) in [5, 5.41) is 5.22. The summed E-state index contributed by atoms with van der Waals surface area (Å²) in [6.45, 7) is 7.07. The van der Waals surface area contributed by atoms with Gasteiger partial charge in [0.25, 0.3) is 0 Å². The lowest BCUT2D eigenvalue weighted by molar-refractivity contribution is 0.0985. The van der Waals surface area contributed by atoms with Crippen molar-refractivity contribution in [2.24, 2.45) is 0 Å². The maximum Gasteiger partial charge on any atom is 0.318 e. The molecule has 0 spiro atoms. The first kappa shape index (κ1) is 25.5. The average molecular weight is 511 g/mol. The number of hydrogen-bond acceptors (Lipinski definition) is 8. The zero-order chi connectivity index (χ0) is 25.9. The highest BCUT2D eigenvalue weighted by Crippen LogP contribution is 2.36. The molecule has 36 heavy (non-hydrogen) atoms. The quantitative estimate of drug-likeness (QED) is 0.518. The lowest BCUT2D eigenvalue weighted by atomic mass is 10.1. The van der Waals surface area contributed by atoms with Crippen molar-refractivity contribution in [2.75, 3.05) is 37.0 Å². The topological polar surface area (TPSA) is 126 Å². The summed E-state index contributed by atoms with van der Waals surface area (Å²) in [4.78, 5) is 27.4. The SMILES string of the molecule is CNC(=O)Nc1ccc(-c2nc(N3CCOC[C@@H]3C)cc(C(C)(C)S(=O)(=O)c3ccncc3)n2)cc1. The van der Waals surface area contributed by atoms with Gasteiger partial charge >= 0.3 is 6.03 Å². The van der Waals surface area contributed by atoms with Gasteiger partial charge < -0.3 is 20.3 Å². The van der Waals surface area contributed by atoms with Gasteiger partial charge in [0.2, 0.25) is 0 Å². The second kappa shape index (κ2) is 10.2. The summed E-state index contributed by atoms with van der Waals surface area (Å²) in [5.41, 5.74) is 1.68. The number of sulfone groups is 1. The number of carbonyl (C=O) groups excluding carboxylic acids is 1. The van der Waals surface area contributed by atoms with E-state index in [-0.39, 0.29) is 17.0 Å². The molecular weight excluding hydrogens is 480 g/mol. The zero-order valence-corrected chi connectivity index (χ0v) is 21.5. The van der Waals surface area contributed by atoms with Gasteiger partial charge in [-0.1, -0.05) is 0 Å². The van der Waals surface area contributed by atoms with Crippen molar-refractivity contribution >= 4 is 27.4 Å². The molecule has 4 rings (SSSR count). The van der Waals surface area contributed by atoms with Gasteiger partial charge in [0.1, 0.15) is 10.6 Å². The summed E-state index contributed by atoms with van der Waals surface area (Å²) in [7, 11) is -2.26. The smallest absolute Gasteiger partial charge is 0.318 e. The molecule has 0 bridgehead atoms. The zero-order valence-electron chi connectivity index (χ0n) is 20.7. The molecule has 2 amide bonds. The molecule has 1 aliphatic heterocycles. The van der Waals surface area contributed by atoms with Crippen LogP contribution in [0.5, 0.6) is 0 Å². The van der Waals surface area contributed by atoms with Crippen LogP contribution in [0.2, 0.25) is 0 Å². The summed E-state index contributed by atoms with van der Waals surface area (Å²) < 4.78 is 31.6. The molecule has 1 atom stereocenters. The molecule has 1 aromatic carbocycles. The third-order valence-corrected chi connectivity index (χ3v) is 8.70.